The Kier molecular flexibility index (Phi) is 2.37. The van der Waals surface area contributed by atoms with Crippen LogP contribution in [-0.4, -0.2) is 12.5 Å². The number of rotatable bonds is 1. The highest BCUT2D eigenvalue weighted by Gasteiger charge is 1.98. The maximum Gasteiger partial charge on any atom is -0.00464 e. The predicted octanol–water partition coefficient (Wildman–Crippen LogP) is 2.47. The highest BCUT2D eigenvalue weighted by Crippen LogP contribution is 2.42. The van der Waals surface area contributed by atoms with Crippen LogP contribution >= 0.6 is 10.4 Å². The molecule has 0 amide bonds. The van der Waals surface area contributed by atoms with Crippen LogP contribution in [-0.2, 0) is 0 Å². The zero-order valence-electron chi connectivity index (χ0n) is 4.94. The maximum atomic E-state index is 12.4. The van der Waals surface area contributed by atoms with Crippen molar-refractivity contribution in [2.75, 3.05) is 12.5 Å². The van der Waals surface area contributed by atoms with Gasteiger partial charge in [0.2, 0.25) is 0 Å². The lowest BCUT2D eigenvalue weighted by atomic mass is 10.8. The van der Waals surface area contributed by atoms with Crippen molar-refractivity contribution in [2.45, 2.75) is 6.92 Å². The molecule has 0 rings (SSSR count). The molecule has 0 bridgehead atoms. The second-order valence-electron chi connectivity index (χ2n) is 1.75. The van der Waals surface area contributed by atoms with Gasteiger partial charge in [-0.3, -0.25) is 0 Å². The van der Waals surface area contributed by atoms with E-state index < -0.39 is 10.4 Å². The summed E-state index contributed by atoms with van der Waals surface area (Å²) in [6.45, 7) is 1.83. The quantitative estimate of drug-likeness (QED) is 0.501. The van der Waals surface area contributed by atoms with Crippen LogP contribution in [0.5, 0.6) is 0 Å². The van der Waals surface area contributed by atoms with Crippen molar-refractivity contribution >= 4 is 10.4 Å². The summed E-state index contributed by atoms with van der Waals surface area (Å²) in [6, 6.07) is 0. The van der Waals surface area contributed by atoms with Gasteiger partial charge < -0.3 is 0 Å². The van der Waals surface area contributed by atoms with Gasteiger partial charge in [-0.2, -0.15) is 3.89 Å². The Bertz CT molecular complexity index is 70.6. The Labute approximate surface area is 46.0 Å². The molecule has 0 aromatic carbocycles. The van der Waals surface area contributed by atoms with E-state index in [0.29, 0.717) is 0 Å². The van der Waals surface area contributed by atoms with Crippen molar-refractivity contribution in [3.8, 4) is 0 Å². The molecule has 0 atom stereocenters. The summed E-state index contributed by atoms with van der Waals surface area (Å²) in [6.07, 6.45) is 4.95. The summed E-state index contributed by atoms with van der Waals surface area (Å²) in [5.41, 5.74) is 0. The molecule has 0 radical (unpaired) electrons. The van der Waals surface area contributed by atoms with Gasteiger partial charge in [-0.15, -0.1) is 0 Å². The minimum Gasteiger partial charge on any atom is -0.186 e. The maximum absolute atomic E-state index is 12.4. The SMILES string of the molecule is CC=CS(C)(C)F. The molecule has 0 aromatic rings. The number of hydrogen-bond donors (Lipinski definition) is 0. The molecule has 0 aromatic heterocycles. The Morgan fingerprint density at radius 2 is 1.86 bits per heavy atom. The van der Waals surface area contributed by atoms with Gasteiger partial charge in [-0.1, -0.05) is 16.5 Å². The summed E-state index contributed by atoms with van der Waals surface area (Å²) in [4.78, 5) is 0. The molecular weight excluding hydrogens is 111 g/mol. The van der Waals surface area contributed by atoms with Crippen molar-refractivity contribution in [1.29, 1.82) is 0 Å². The average Bonchev–Trinajstić information content (AvgIpc) is 1.30. The largest absolute Gasteiger partial charge is 0.186 e. The molecular formula is C5H11FS. The van der Waals surface area contributed by atoms with E-state index in [0.717, 1.165) is 0 Å². The normalized spacial score (nSPS) is 15.4. The van der Waals surface area contributed by atoms with Crippen molar-refractivity contribution in [2.24, 2.45) is 0 Å². The fourth-order valence-electron chi connectivity index (χ4n) is 0.324. The molecule has 0 nitrogen and oxygen atoms in total. The van der Waals surface area contributed by atoms with E-state index in [4.69, 9.17) is 0 Å². The van der Waals surface area contributed by atoms with Gasteiger partial charge >= 0.3 is 0 Å². The fourth-order valence-corrected chi connectivity index (χ4v) is 0.971. The highest BCUT2D eigenvalue weighted by atomic mass is 32.3. The van der Waals surface area contributed by atoms with Crippen LogP contribution in [0.4, 0.5) is 3.89 Å². The fraction of sp³-hybridized carbons (Fsp3) is 0.600. The second kappa shape index (κ2) is 2.36. The standard InChI is InChI=1S/C5H11FS/c1-4-5-7(2,3)6/h4-5H,1-3H3. The van der Waals surface area contributed by atoms with Crippen molar-refractivity contribution in [1.82, 2.24) is 0 Å². The van der Waals surface area contributed by atoms with Gasteiger partial charge in [0.15, 0.2) is 0 Å². The van der Waals surface area contributed by atoms with Crippen LogP contribution in [0.1, 0.15) is 6.92 Å². The molecule has 0 aliphatic heterocycles. The molecule has 0 unspecified atom stereocenters. The first-order valence-corrected chi connectivity index (χ1v) is 4.53. The molecule has 2 heteroatoms. The van der Waals surface area contributed by atoms with Gasteiger partial charge in [-0.05, 0) is 24.8 Å². The first-order chi connectivity index (χ1) is 3.06. The van der Waals surface area contributed by atoms with E-state index in [1.165, 1.54) is 0 Å². The first kappa shape index (κ1) is 7.02. The zero-order valence-corrected chi connectivity index (χ0v) is 5.76. The van der Waals surface area contributed by atoms with Gasteiger partial charge in [0.25, 0.3) is 0 Å². The monoisotopic (exact) mass is 122 g/mol. The first-order valence-electron chi connectivity index (χ1n) is 2.12. The third kappa shape index (κ3) is 6.02. The molecule has 0 heterocycles. The van der Waals surface area contributed by atoms with E-state index in [2.05, 4.69) is 0 Å². The van der Waals surface area contributed by atoms with Crippen LogP contribution in [0, 0.1) is 0 Å². The average molecular weight is 122 g/mol. The number of halogens is 1. The summed E-state index contributed by atoms with van der Waals surface area (Å²) >= 11 is 0. The van der Waals surface area contributed by atoms with Gasteiger partial charge in [0.1, 0.15) is 0 Å². The second-order valence-corrected chi connectivity index (χ2v) is 4.57. The van der Waals surface area contributed by atoms with Crippen LogP contribution < -0.4 is 0 Å². The molecule has 0 fully saturated rings. The van der Waals surface area contributed by atoms with Gasteiger partial charge in [-0.25, -0.2) is 0 Å². The minimum absolute atomic E-state index is 1.60. The summed E-state index contributed by atoms with van der Waals surface area (Å²) in [5.74, 6) is 0. The van der Waals surface area contributed by atoms with Gasteiger partial charge in [0, 0.05) is 0 Å². The molecule has 7 heavy (non-hydrogen) atoms. The third-order valence-electron chi connectivity index (χ3n) is 0.460. The molecule has 0 spiro atoms. The Hall–Kier alpha value is 0.0200. The smallest absolute Gasteiger partial charge is 0.00464 e. The van der Waals surface area contributed by atoms with E-state index in [1.54, 1.807) is 24.0 Å². The van der Waals surface area contributed by atoms with E-state index in [9.17, 15) is 3.89 Å². The zero-order chi connectivity index (χ0) is 5.91. The van der Waals surface area contributed by atoms with Gasteiger partial charge in [0.05, 0.1) is 0 Å². The molecule has 0 saturated heterocycles. The Balaban J connectivity index is 3.56. The molecule has 0 aliphatic rings. The molecule has 0 N–H and O–H groups in total. The van der Waals surface area contributed by atoms with Crippen molar-refractivity contribution < 1.29 is 3.89 Å². The van der Waals surface area contributed by atoms with Crippen molar-refractivity contribution in [3.63, 3.8) is 0 Å². The van der Waals surface area contributed by atoms with Crippen LogP contribution in [0.3, 0.4) is 0 Å². The third-order valence-corrected chi connectivity index (χ3v) is 1.38. The van der Waals surface area contributed by atoms with E-state index in [1.807, 2.05) is 6.92 Å². The Morgan fingerprint density at radius 3 is 1.86 bits per heavy atom. The van der Waals surface area contributed by atoms with Crippen molar-refractivity contribution in [3.05, 3.63) is 11.5 Å². The molecule has 0 saturated carbocycles. The lowest BCUT2D eigenvalue weighted by molar-refractivity contribution is 0.915. The van der Waals surface area contributed by atoms with Crippen LogP contribution in [0.15, 0.2) is 11.5 Å². The summed E-state index contributed by atoms with van der Waals surface area (Å²) in [7, 11) is -1.85. The minimum atomic E-state index is -1.85. The highest BCUT2D eigenvalue weighted by molar-refractivity contribution is 8.30. The lowest BCUT2D eigenvalue weighted by Crippen LogP contribution is -1.75. The summed E-state index contributed by atoms with van der Waals surface area (Å²) < 4.78 is 12.4. The number of allylic oxidation sites excluding steroid dienone is 1. The van der Waals surface area contributed by atoms with Crippen LogP contribution in [0.25, 0.3) is 0 Å². The van der Waals surface area contributed by atoms with E-state index >= 15 is 0 Å². The van der Waals surface area contributed by atoms with Crippen LogP contribution in [0.2, 0.25) is 0 Å². The Morgan fingerprint density at radius 1 is 1.43 bits per heavy atom. The predicted molar refractivity (Wildman–Crippen MR) is 35.4 cm³/mol. The van der Waals surface area contributed by atoms with E-state index in [-0.39, 0.29) is 0 Å². The number of hydrogen-bond acceptors (Lipinski definition) is 0. The molecule has 44 valence electrons. The lowest BCUT2D eigenvalue weighted by Gasteiger charge is -2.11. The summed E-state index contributed by atoms with van der Waals surface area (Å²) in [5, 5.41) is 1.60. The topological polar surface area (TPSA) is 0 Å². The molecule has 0 aliphatic carbocycles.